The first-order valence-corrected chi connectivity index (χ1v) is 20.1. The summed E-state index contributed by atoms with van der Waals surface area (Å²) in [7, 11) is -7.09. The van der Waals surface area contributed by atoms with Crippen molar-refractivity contribution in [2.45, 2.75) is 80.1 Å². The Labute approximate surface area is 284 Å². The van der Waals surface area contributed by atoms with Gasteiger partial charge in [0, 0.05) is 22.1 Å². The maximum Gasteiger partial charge on any atom is 0.264 e. The van der Waals surface area contributed by atoms with Crippen LogP contribution in [0.15, 0.2) is 24.3 Å². The average Bonchev–Trinajstić information content (AvgIpc) is 3.66. The number of hydrogen-bond donors (Lipinski definition) is 2. The summed E-state index contributed by atoms with van der Waals surface area (Å²) in [4.78, 5) is 17.6. The molecule has 0 atom stereocenters. The Morgan fingerprint density at radius 2 is 0.979 bits per heavy atom. The topological polar surface area (TPSA) is 144 Å². The number of allylic oxidation sites excluding steroid dienone is 4. The summed E-state index contributed by atoms with van der Waals surface area (Å²) in [5.41, 5.74) is 16.2. The first kappa shape index (κ1) is 35.7. The summed E-state index contributed by atoms with van der Waals surface area (Å²) < 4.78 is 56.6. The molecule has 0 spiro atoms. The van der Waals surface area contributed by atoms with Crippen molar-refractivity contribution in [1.29, 1.82) is 0 Å². The molecule has 10 nitrogen and oxygen atoms in total. The van der Waals surface area contributed by atoms with Gasteiger partial charge in [-0.2, -0.15) is 16.8 Å². The van der Waals surface area contributed by atoms with Crippen LogP contribution in [-0.4, -0.2) is 62.5 Å². The molecule has 0 amide bonds. The van der Waals surface area contributed by atoms with E-state index >= 15 is 0 Å². The maximum absolute atomic E-state index is 11.6. The minimum absolute atomic E-state index is 0.0757. The van der Waals surface area contributed by atoms with E-state index in [9.17, 15) is 16.8 Å². The molecular weight excluding hydrogens is 649 g/mol. The summed E-state index contributed by atoms with van der Waals surface area (Å²) in [6.07, 6.45) is 5.96. The van der Waals surface area contributed by atoms with Crippen LogP contribution >= 0.6 is 0 Å². The third kappa shape index (κ3) is 7.83. The lowest BCUT2D eigenvalue weighted by molar-refractivity contribution is 0.317. The molecule has 48 heavy (non-hydrogen) atoms. The second kappa shape index (κ2) is 14.1. The number of H-pyrrole nitrogens is 2. The van der Waals surface area contributed by atoms with E-state index < -0.39 is 20.2 Å². The lowest BCUT2D eigenvalue weighted by Gasteiger charge is -2.07. The Morgan fingerprint density at radius 1 is 0.583 bits per heavy atom. The van der Waals surface area contributed by atoms with Gasteiger partial charge in [0.2, 0.25) is 0 Å². The first-order chi connectivity index (χ1) is 22.6. The molecule has 0 saturated carbocycles. The molecule has 12 heteroatoms. The van der Waals surface area contributed by atoms with E-state index in [0.717, 1.165) is 92.5 Å². The van der Waals surface area contributed by atoms with Gasteiger partial charge in [0.1, 0.15) is 0 Å². The van der Waals surface area contributed by atoms with Crippen LogP contribution in [0.1, 0.15) is 98.4 Å². The summed E-state index contributed by atoms with van der Waals surface area (Å²) in [5, 5.41) is 0. The smallest absolute Gasteiger partial charge is 0.264 e. The second-order valence-electron chi connectivity index (χ2n) is 12.6. The van der Waals surface area contributed by atoms with E-state index in [4.69, 9.17) is 18.3 Å². The normalized spacial score (nSPS) is 14.0. The van der Waals surface area contributed by atoms with E-state index in [1.54, 1.807) is 0 Å². The quantitative estimate of drug-likeness (QED) is 0.147. The van der Waals surface area contributed by atoms with E-state index in [2.05, 4.69) is 55.9 Å². The molecule has 5 rings (SSSR count). The standard InChI is InChI=1S/C36H46N4O6S2/c1-9-25-21(3)29-17-30-23(5)27(13-11-15-45-47(7,41)42)35(39-30)20-36-28(14-12-16-46-48(8,43)44)24(6)32(40-36)19-34-26(10-2)22(4)31(38-34)18-33(25)37-29/h17-20,37-38H,9-16H2,1-8H3. The molecule has 2 N–H and O–H groups in total. The zero-order chi connectivity index (χ0) is 35.0. The van der Waals surface area contributed by atoms with Gasteiger partial charge < -0.3 is 9.97 Å². The van der Waals surface area contributed by atoms with Gasteiger partial charge in [-0.05, 0) is 135 Å². The van der Waals surface area contributed by atoms with Gasteiger partial charge >= 0.3 is 0 Å². The number of aromatic amines is 2. The second-order valence-corrected chi connectivity index (χ2v) is 15.9. The molecular formula is C36H46N4O6S2. The van der Waals surface area contributed by atoms with E-state index in [1.807, 2.05) is 19.9 Å². The van der Waals surface area contributed by atoms with Gasteiger partial charge in [-0.15, -0.1) is 0 Å². The van der Waals surface area contributed by atoms with Gasteiger partial charge in [0.15, 0.2) is 0 Å². The number of nitrogens with zero attached hydrogens (tertiary/aromatic N) is 2. The van der Waals surface area contributed by atoms with Crippen molar-refractivity contribution in [2.24, 2.45) is 0 Å². The Kier molecular flexibility index (Phi) is 10.5. The lowest BCUT2D eigenvalue weighted by atomic mass is 9.98. The van der Waals surface area contributed by atoms with Crippen molar-refractivity contribution >= 4 is 64.6 Å². The van der Waals surface area contributed by atoms with E-state index in [-0.39, 0.29) is 13.2 Å². The highest BCUT2D eigenvalue weighted by atomic mass is 32.2. The van der Waals surface area contributed by atoms with Crippen LogP contribution in [-0.2, 0) is 41.4 Å². The molecule has 8 bridgehead atoms. The molecule has 0 aliphatic carbocycles. The molecule has 5 heterocycles. The zero-order valence-corrected chi connectivity index (χ0v) is 30.8. The van der Waals surface area contributed by atoms with Gasteiger partial charge in [0.25, 0.3) is 20.2 Å². The van der Waals surface area contributed by atoms with Gasteiger partial charge in [-0.3, -0.25) is 8.37 Å². The molecule has 2 aliphatic heterocycles. The minimum Gasteiger partial charge on any atom is -0.355 e. The number of rotatable bonds is 12. The van der Waals surface area contributed by atoms with Crippen LogP contribution in [0.25, 0.3) is 44.4 Å². The van der Waals surface area contributed by atoms with Crippen LogP contribution in [0.4, 0.5) is 0 Å². The van der Waals surface area contributed by atoms with Crippen LogP contribution in [0, 0.1) is 13.8 Å². The largest absolute Gasteiger partial charge is 0.355 e. The fraction of sp³-hybridized carbons (Fsp3) is 0.444. The predicted molar refractivity (Wildman–Crippen MR) is 194 cm³/mol. The highest BCUT2D eigenvalue weighted by molar-refractivity contribution is 7.86. The molecule has 0 radical (unpaired) electrons. The number of aromatic nitrogens is 4. The van der Waals surface area contributed by atoms with Crippen LogP contribution < -0.4 is 0 Å². The number of aryl methyl sites for hydroxylation is 4. The van der Waals surface area contributed by atoms with Crippen molar-refractivity contribution in [1.82, 2.24) is 19.9 Å². The molecule has 0 aromatic carbocycles. The summed E-state index contributed by atoms with van der Waals surface area (Å²) in [6, 6.07) is 8.40. The Morgan fingerprint density at radius 3 is 1.40 bits per heavy atom. The predicted octanol–water partition coefficient (Wildman–Crippen LogP) is 7.43. The minimum atomic E-state index is -3.55. The highest BCUT2D eigenvalue weighted by Gasteiger charge is 2.22. The van der Waals surface area contributed by atoms with Crippen molar-refractivity contribution in [3.8, 4) is 0 Å². The third-order valence-electron chi connectivity index (χ3n) is 9.24. The lowest BCUT2D eigenvalue weighted by Crippen LogP contribution is -2.04. The molecule has 3 aromatic rings. The number of hydrogen-bond acceptors (Lipinski definition) is 8. The molecule has 0 unspecified atom stereocenters. The van der Waals surface area contributed by atoms with Crippen LogP contribution in [0.3, 0.4) is 0 Å². The summed E-state index contributed by atoms with van der Waals surface area (Å²) in [5.74, 6) is 0. The van der Waals surface area contributed by atoms with Gasteiger partial charge in [-0.25, -0.2) is 9.97 Å². The van der Waals surface area contributed by atoms with E-state index in [0.29, 0.717) is 25.7 Å². The fourth-order valence-electron chi connectivity index (χ4n) is 6.68. The van der Waals surface area contributed by atoms with Crippen LogP contribution in [0.2, 0.25) is 0 Å². The summed E-state index contributed by atoms with van der Waals surface area (Å²) in [6.45, 7) is 12.9. The monoisotopic (exact) mass is 694 g/mol. The summed E-state index contributed by atoms with van der Waals surface area (Å²) >= 11 is 0. The number of nitrogens with one attached hydrogen (secondary N) is 2. The SMILES string of the molecule is CCc1c(C)c2cc3[nH]c(cc4nc(cc5nc(cc1[nH]2)C(C)=C5CCCOS(C)(=O)=O)C(CCCOS(C)(=O)=O)=C4C)c(C)c3CC. The van der Waals surface area contributed by atoms with Crippen molar-refractivity contribution in [3.63, 3.8) is 0 Å². The van der Waals surface area contributed by atoms with Crippen molar-refractivity contribution in [3.05, 3.63) is 69.3 Å². The molecule has 3 aromatic heterocycles. The Hall–Kier alpha value is -3.58. The van der Waals surface area contributed by atoms with Crippen molar-refractivity contribution < 1.29 is 25.2 Å². The molecule has 0 fully saturated rings. The first-order valence-electron chi connectivity index (χ1n) is 16.4. The molecule has 2 aliphatic rings. The van der Waals surface area contributed by atoms with Gasteiger partial charge in [0.05, 0.1) is 48.5 Å². The average molecular weight is 695 g/mol. The Balaban J connectivity index is 1.77. The maximum atomic E-state index is 11.6. The number of fused-ring (bicyclic) bond motifs is 8. The van der Waals surface area contributed by atoms with Gasteiger partial charge in [-0.1, -0.05) is 13.8 Å². The van der Waals surface area contributed by atoms with Crippen LogP contribution in [0.5, 0.6) is 0 Å². The Bertz CT molecular complexity index is 2210. The van der Waals surface area contributed by atoms with E-state index in [1.165, 1.54) is 22.3 Å². The fourth-order valence-corrected chi connectivity index (χ4v) is 7.52. The van der Waals surface area contributed by atoms with Crippen molar-refractivity contribution in [2.75, 3.05) is 25.7 Å². The third-order valence-corrected chi connectivity index (χ3v) is 10.4. The zero-order valence-electron chi connectivity index (χ0n) is 29.1. The molecule has 0 saturated heterocycles. The molecule has 258 valence electrons. The highest BCUT2D eigenvalue weighted by Crippen LogP contribution is 2.38.